The Morgan fingerprint density at radius 3 is 2.93 bits per heavy atom. The van der Waals surface area contributed by atoms with Crippen molar-refractivity contribution in [1.29, 1.82) is 0 Å². The van der Waals surface area contributed by atoms with Gasteiger partial charge >= 0.3 is 0 Å². The minimum Gasteiger partial charge on any atom is -0.321 e. The van der Waals surface area contributed by atoms with Crippen molar-refractivity contribution < 1.29 is 0 Å². The molecule has 0 spiro atoms. The molecule has 2 atom stereocenters. The molecular weight excluding hydrogens is 226 g/mol. The highest BCUT2D eigenvalue weighted by molar-refractivity contribution is 7.16. The van der Waals surface area contributed by atoms with Gasteiger partial charge < -0.3 is 5.73 Å². The number of hydrogen-bond acceptors (Lipinski definition) is 2. The van der Waals surface area contributed by atoms with Crippen LogP contribution in [0.2, 0.25) is 4.34 Å². The first kappa shape index (κ1) is 11.4. The number of nitrogens with two attached hydrogens (primary N) is 1. The zero-order chi connectivity index (χ0) is 10.9. The van der Waals surface area contributed by atoms with E-state index in [0.717, 1.165) is 10.8 Å². The summed E-state index contributed by atoms with van der Waals surface area (Å²) in [5, 5.41) is 0. The van der Waals surface area contributed by atoms with Gasteiger partial charge in [0.25, 0.3) is 0 Å². The largest absolute Gasteiger partial charge is 0.321 e. The molecule has 2 rings (SSSR count). The van der Waals surface area contributed by atoms with Gasteiger partial charge in [-0.1, -0.05) is 37.8 Å². The molecular formula is C12H18ClNS. The third kappa shape index (κ3) is 2.08. The van der Waals surface area contributed by atoms with Crippen molar-refractivity contribution in [3.8, 4) is 0 Å². The Hall–Kier alpha value is -0.0500. The normalized spacial score (nSPS) is 31.8. The molecule has 1 aliphatic rings. The average molecular weight is 244 g/mol. The maximum atomic E-state index is 6.60. The Morgan fingerprint density at radius 2 is 2.33 bits per heavy atom. The molecule has 2 N–H and O–H groups in total. The van der Waals surface area contributed by atoms with Gasteiger partial charge in [0.1, 0.15) is 0 Å². The third-order valence-electron chi connectivity index (χ3n) is 3.65. The molecule has 3 heteroatoms. The van der Waals surface area contributed by atoms with E-state index in [4.69, 9.17) is 17.3 Å². The summed E-state index contributed by atoms with van der Waals surface area (Å²) in [6, 6.07) is 4.08. The molecule has 15 heavy (non-hydrogen) atoms. The van der Waals surface area contributed by atoms with E-state index in [-0.39, 0.29) is 5.54 Å². The smallest absolute Gasteiger partial charge is 0.0931 e. The highest BCUT2D eigenvalue weighted by atomic mass is 35.5. The van der Waals surface area contributed by atoms with Gasteiger partial charge in [0.2, 0.25) is 0 Å². The molecule has 1 heterocycles. The van der Waals surface area contributed by atoms with E-state index < -0.39 is 0 Å². The quantitative estimate of drug-likeness (QED) is 0.830. The van der Waals surface area contributed by atoms with Gasteiger partial charge in [0.15, 0.2) is 0 Å². The molecule has 0 bridgehead atoms. The fourth-order valence-corrected chi connectivity index (χ4v) is 3.98. The molecule has 1 aromatic heterocycles. The van der Waals surface area contributed by atoms with Crippen molar-refractivity contribution in [2.45, 2.75) is 44.6 Å². The zero-order valence-electron chi connectivity index (χ0n) is 9.13. The Kier molecular flexibility index (Phi) is 3.39. The van der Waals surface area contributed by atoms with E-state index in [1.165, 1.54) is 30.6 Å². The van der Waals surface area contributed by atoms with E-state index in [1.54, 1.807) is 11.3 Å². The molecule has 0 amide bonds. The standard InChI is InChI=1S/C12H18ClNS/c1-2-9-5-3-4-8-12(9,14)10-6-7-11(13)15-10/h6-7,9H,2-5,8,14H2,1H3. The summed E-state index contributed by atoms with van der Waals surface area (Å²) >= 11 is 7.65. The van der Waals surface area contributed by atoms with Crippen LogP contribution in [0.4, 0.5) is 0 Å². The summed E-state index contributed by atoms with van der Waals surface area (Å²) < 4.78 is 0.857. The Labute approximate surface area is 101 Å². The molecule has 1 aromatic rings. The second-order valence-corrected chi connectivity index (χ2v) is 6.21. The zero-order valence-corrected chi connectivity index (χ0v) is 10.7. The first-order chi connectivity index (χ1) is 7.16. The van der Waals surface area contributed by atoms with E-state index >= 15 is 0 Å². The Bertz CT molecular complexity index is 336. The second kappa shape index (κ2) is 4.44. The molecule has 0 saturated heterocycles. The molecule has 84 valence electrons. The molecule has 0 radical (unpaired) electrons. The summed E-state index contributed by atoms with van der Waals surface area (Å²) in [6.45, 7) is 2.24. The van der Waals surface area contributed by atoms with Crippen molar-refractivity contribution >= 4 is 22.9 Å². The molecule has 0 aromatic carbocycles. The molecule has 1 fully saturated rings. The van der Waals surface area contributed by atoms with Crippen LogP contribution in [0.15, 0.2) is 12.1 Å². The highest BCUT2D eigenvalue weighted by Crippen LogP contribution is 2.44. The summed E-state index contributed by atoms with van der Waals surface area (Å²) in [6.07, 6.45) is 6.13. The van der Waals surface area contributed by atoms with Crippen LogP contribution in [-0.2, 0) is 5.54 Å². The Balaban J connectivity index is 2.29. The monoisotopic (exact) mass is 243 g/mol. The SMILES string of the molecule is CCC1CCCCC1(N)c1ccc(Cl)s1. The molecule has 1 aliphatic carbocycles. The van der Waals surface area contributed by atoms with Gasteiger partial charge in [-0.3, -0.25) is 0 Å². The molecule has 2 unspecified atom stereocenters. The number of rotatable bonds is 2. The fraction of sp³-hybridized carbons (Fsp3) is 0.667. The predicted molar refractivity (Wildman–Crippen MR) is 67.4 cm³/mol. The number of thiophene rings is 1. The lowest BCUT2D eigenvalue weighted by Gasteiger charge is -2.40. The predicted octanol–water partition coefficient (Wildman–Crippen LogP) is 4.16. The minimum atomic E-state index is -0.106. The van der Waals surface area contributed by atoms with Crippen LogP contribution in [-0.4, -0.2) is 0 Å². The summed E-state index contributed by atoms with van der Waals surface area (Å²) in [7, 11) is 0. The lowest BCUT2D eigenvalue weighted by molar-refractivity contribution is 0.188. The van der Waals surface area contributed by atoms with Gasteiger partial charge in [0.05, 0.1) is 9.88 Å². The summed E-state index contributed by atoms with van der Waals surface area (Å²) in [4.78, 5) is 1.28. The maximum Gasteiger partial charge on any atom is 0.0931 e. The van der Waals surface area contributed by atoms with E-state index in [9.17, 15) is 0 Å². The van der Waals surface area contributed by atoms with Gasteiger partial charge in [-0.25, -0.2) is 0 Å². The van der Waals surface area contributed by atoms with Gasteiger partial charge in [0, 0.05) is 4.88 Å². The van der Waals surface area contributed by atoms with Crippen LogP contribution >= 0.6 is 22.9 Å². The Morgan fingerprint density at radius 1 is 1.53 bits per heavy atom. The van der Waals surface area contributed by atoms with Crippen LogP contribution in [0.5, 0.6) is 0 Å². The van der Waals surface area contributed by atoms with Gasteiger partial charge in [-0.05, 0) is 30.9 Å². The van der Waals surface area contributed by atoms with Crippen LogP contribution < -0.4 is 5.73 Å². The third-order valence-corrected chi connectivity index (χ3v) is 5.07. The molecule has 1 nitrogen and oxygen atoms in total. The average Bonchev–Trinajstić information content (AvgIpc) is 2.66. The van der Waals surface area contributed by atoms with Crippen molar-refractivity contribution in [3.63, 3.8) is 0 Å². The van der Waals surface area contributed by atoms with Crippen molar-refractivity contribution in [2.24, 2.45) is 11.7 Å². The van der Waals surface area contributed by atoms with Crippen LogP contribution in [0.3, 0.4) is 0 Å². The van der Waals surface area contributed by atoms with Crippen LogP contribution in [0.25, 0.3) is 0 Å². The fourth-order valence-electron chi connectivity index (χ4n) is 2.73. The number of halogens is 1. The first-order valence-corrected chi connectivity index (χ1v) is 6.91. The number of hydrogen-bond donors (Lipinski definition) is 1. The van der Waals surface area contributed by atoms with Crippen molar-refractivity contribution in [1.82, 2.24) is 0 Å². The van der Waals surface area contributed by atoms with Crippen LogP contribution in [0.1, 0.15) is 43.9 Å². The van der Waals surface area contributed by atoms with Gasteiger partial charge in [-0.2, -0.15) is 0 Å². The minimum absolute atomic E-state index is 0.106. The maximum absolute atomic E-state index is 6.60. The lowest BCUT2D eigenvalue weighted by atomic mass is 9.71. The van der Waals surface area contributed by atoms with Crippen LogP contribution in [0, 0.1) is 5.92 Å². The lowest BCUT2D eigenvalue weighted by Crippen LogP contribution is -2.45. The van der Waals surface area contributed by atoms with E-state index in [1.807, 2.05) is 6.07 Å². The summed E-state index contributed by atoms with van der Waals surface area (Å²) in [5.74, 6) is 0.626. The van der Waals surface area contributed by atoms with E-state index in [2.05, 4.69) is 13.0 Å². The topological polar surface area (TPSA) is 26.0 Å². The van der Waals surface area contributed by atoms with E-state index in [0.29, 0.717) is 5.92 Å². The van der Waals surface area contributed by atoms with Crippen molar-refractivity contribution in [3.05, 3.63) is 21.3 Å². The molecule has 0 aliphatic heterocycles. The summed E-state index contributed by atoms with van der Waals surface area (Å²) in [5.41, 5.74) is 6.49. The highest BCUT2D eigenvalue weighted by Gasteiger charge is 2.38. The first-order valence-electron chi connectivity index (χ1n) is 5.71. The van der Waals surface area contributed by atoms with Crippen molar-refractivity contribution in [2.75, 3.05) is 0 Å². The van der Waals surface area contributed by atoms with Gasteiger partial charge in [-0.15, -0.1) is 11.3 Å². The molecule has 1 saturated carbocycles. The second-order valence-electron chi connectivity index (χ2n) is 4.50.